The number of aliphatic hydroxyl groups is 1. The Kier molecular flexibility index (Phi) is 13.5. The molecular formula is C32H56N2O3. The number of carbonyl (C=O) groups excluding carboxylic acids is 1. The highest BCUT2D eigenvalue weighted by molar-refractivity contribution is 5.76. The summed E-state index contributed by atoms with van der Waals surface area (Å²) in [6, 6.07) is 0. The van der Waals surface area contributed by atoms with E-state index in [0.29, 0.717) is 19.5 Å². The van der Waals surface area contributed by atoms with E-state index in [-0.39, 0.29) is 11.8 Å². The Balaban J connectivity index is 1.50. The maximum absolute atomic E-state index is 13.2. The first-order valence-corrected chi connectivity index (χ1v) is 15.7. The number of allylic oxidation sites excluding steroid dienone is 2. The molecule has 0 unspecified atom stereocenters. The van der Waals surface area contributed by atoms with Crippen molar-refractivity contribution in [3.63, 3.8) is 0 Å². The highest BCUT2D eigenvalue weighted by atomic mass is 16.5. The minimum Gasteiger partial charge on any atom is -0.497 e. The van der Waals surface area contributed by atoms with Gasteiger partial charge in [-0.25, -0.2) is 0 Å². The van der Waals surface area contributed by atoms with Crippen LogP contribution >= 0.6 is 0 Å². The van der Waals surface area contributed by atoms with Crippen molar-refractivity contribution in [1.29, 1.82) is 0 Å². The van der Waals surface area contributed by atoms with Gasteiger partial charge in [0, 0.05) is 38.4 Å². The lowest BCUT2D eigenvalue weighted by molar-refractivity contribution is -0.134. The maximum Gasteiger partial charge on any atom is 0.223 e. The second kappa shape index (κ2) is 16.6. The Morgan fingerprint density at radius 2 is 1.86 bits per heavy atom. The molecule has 0 spiro atoms. The fourth-order valence-electron chi connectivity index (χ4n) is 6.50. The molecule has 2 atom stereocenters. The SMILES string of the molecule is CCCC/C(C)=C/C[C@H](CC)[C@@H](O)N(CCC(=O)N1CCC(CC2CCCCC2)CC1)CC1=CCCO1. The van der Waals surface area contributed by atoms with Crippen LogP contribution < -0.4 is 0 Å². The molecule has 3 aliphatic rings. The summed E-state index contributed by atoms with van der Waals surface area (Å²) in [5, 5.41) is 11.4. The fraction of sp³-hybridized carbons (Fsp3) is 0.844. The number of piperidine rings is 1. The highest BCUT2D eigenvalue weighted by Gasteiger charge is 2.29. The van der Waals surface area contributed by atoms with Gasteiger partial charge in [0.2, 0.25) is 5.91 Å². The summed E-state index contributed by atoms with van der Waals surface area (Å²) in [6.45, 7) is 10.3. The van der Waals surface area contributed by atoms with Crippen LogP contribution in [0.5, 0.6) is 0 Å². The fourth-order valence-corrected chi connectivity index (χ4v) is 6.50. The molecule has 212 valence electrons. The lowest BCUT2D eigenvalue weighted by Gasteiger charge is -2.36. The van der Waals surface area contributed by atoms with Crippen molar-refractivity contribution in [2.45, 2.75) is 123 Å². The third-order valence-electron chi connectivity index (χ3n) is 9.12. The second-order valence-electron chi connectivity index (χ2n) is 12.1. The molecule has 2 fully saturated rings. The Hall–Kier alpha value is -1.33. The van der Waals surface area contributed by atoms with Crippen molar-refractivity contribution < 1.29 is 14.6 Å². The summed E-state index contributed by atoms with van der Waals surface area (Å²) in [4.78, 5) is 17.4. The van der Waals surface area contributed by atoms with Gasteiger partial charge in [-0.1, -0.05) is 64.0 Å². The van der Waals surface area contributed by atoms with Crippen molar-refractivity contribution in [2.75, 3.05) is 32.8 Å². The van der Waals surface area contributed by atoms with Crippen LogP contribution in [0, 0.1) is 17.8 Å². The van der Waals surface area contributed by atoms with E-state index in [0.717, 1.165) is 75.8 Å². The van der Waals surface area contributed by atoms with Gasteiger partial charge in [0.15, 0.2) is 0 Å². The standard InChI is InChI=1S/C32H56N2O3/c1-4-6-11-26(3)15-16-29(5-2)32(36)34(25-30-14-10-23-37-30)22-19-31(35)33-20-17-28(18-21-33)24-27-12-8-7-9-13-27/h14-15,27-29,32,36H,4-13,16-25H2,1-3H3/b26-15+/t29-,32+/m0/s1. The molecule has 0 radical (unpaired) electrons. The first kappa shape index (κ1) is 30.2. The molecule has 37 heavy (non-hydrogen) atoms. The molecule has 3 rings (SSSR count). The van der Waals surface area contributed by atoms with E-state index >= 15 is 0 Å². The summed E-state index contributed by atoms with van der Waals surface area (Å²) in [7, 11) is 0. The van der Waals surface area contributed by atoms with E-state index in [4.69, 9.17) is 4.74 Å². The van der Waals surface area contributed by atoms with Gasteiger partial charge in [-0.05, 0) is 69.8 Å². The smallest absolute Gasteiger partial charge is 0.223 e. The molecule has 2 heterocycles. The number of carbonyl (C=O) groups is 1. The average molecular weight is 517 g/mol. The van der Waals surface area contributed by atoms with Crippen LogP contribution in [-0.2, 0) is 9.53 Å². The molecule has 5 heteroatoms. The second-order valence-corrected chi connectivity index (χ2v) is 12.1. The van der Waals surface area contributed by atoms with Crippen molar-refractivity contribution >= 4 is 5.91 Å². The molecule has 2 aliphatic heterocycles. The molecule has 0 aromatic rings. The number of likely N-dealkylation sites (tertiary alicyclic amines) is 1. The van der Waals surface area contributed by atoms with Crippen LogP contribution in [0.3, 0.4) is 0 Å². The third kappa shape index (κ3) is 10.4. The summed E-state index contributed by atoms with van der Waals surface area (Å²) in [6.07, 6.45) is 21.5. The van der Waals surface area contributed by atoms with E-state index in [1.807, 2.05) is 0 Å². The quantitative estimate of drug-likeness (QED) is 0.187. The Bertz CT molecular complexity index is 720. The Morgan fingerprint density at radius 3 is 2.51 bits per heavy atom. The minimum atomic E-state index is -0.570. The predicted molar refractivity (Wildman–Crippen MR) is 153 cm³/mol. The number of hydrogen-bond donors (Lipinski definition) is 1. The lowest BCUT2D eigenvalue weighted by atomic mass is 9.80. The summed E-state index contributed by atoms with van der Waals surface area (Å²) < 4.78 is 5.79. The van der Waals surface area contributed by atoms with Gasteiger partial charge >= 0.3 is 0 Å². The largest absolute Gasteiger partial charge is 0.497 e. The van der Waals surface area contributed by atoms with Crippen LogP contribution in [0.1, 0.15) is 117 Å². The third-order valence-corrected chi connectivity index (χ3v) is 9.12. The molecular weight excluding hydrogens is 460 g/mol. The van der Waals surface area contributed by atoms with E-state index in [1.165, 1.54) is 56.9 Å². The maximum atomic E-state index is 13.2. The molecule has 1 N–H and O–H groups in total. The zero-order chi connectivity index (χ0) is 26.5. The highest BCUT2D eigenvalue weighted by Crippen LogP contribution is 2.33. The van der Waals surface area contributed by atoms with Crippen molar-refractivity contribution in [1.82, 2.24) is 9.80 Å². The van der Waals surface area contributed by atoms with Crippen LogP contribution in [0.15, 0.2) is 23.5 Å². The Morgan fingerprint density at radius 1 is 1.14 bits per heavy atom. The van der Waals surface area contributed by atoms with E-state index in [2.05, 4.69) is 42.7 Å². The van der Waals surface area contributed by atoms with Crippen LogP contribution in [-0.4, -0.2) is 59.8 Å². The molecule has 0 bridgehead atoms. The van der Waals surface area contributed by atoms with Gasteiger partial charge < -0.3 is 14.7 Å². The average Bonchev–Trinajstić information content (AvgIpc) is 3.44. The van der Waals surface area contributed by atoms with Crippen molar-refractivity contribution in [2.24, 2.45) is 17.8 Å². The molecule has 0 aromatic heterocycles. The van der Waals surface area contributed by atoms with Gasteiger partial charge in [-0.15, -0.1) is 0 Å². The minimum absolute atomic E-state index is 0.157. The summed E-state index contributed by atoms with van der Waals surface area (Å²) >= 11 is 0. The lowest BCUT2D eigenvalue weighted by Crippen LogP contribution is -2.45. The molecule has 0 aromatic carbocycles. The molecule has 1 saturated carbocycles. The Labute approximate surface area is 227 Å². The zero-order valence-electron chi connectivity index (χ0n) is 24.3. The first-order chi connectivity index (χ1) is 18.0. The topological polar surface area (TPSA) is 53.0 Å². The normalized spacial score (nSPS) is 21.7. The number of nitrogens with zero attached hydrogens (tertiary/aromatic N) is 2. The van der Waals surface area contributed by atoms with Gasteiger partial charge in [-0.3, -0.25) is 9.69 Å². The van der Waals surface area contributed by atoms with E-state index in [9.17, 15) is 9.90 Å². The molecule has 5 nitrogen and oxygen atoms in total. The van der Waals surface area contributed by atoms with Crippen LogP contribution in [0.2, 0.25) is 0 Å². The summed E-state index contributed by atoms with van der Waals surface area (Å²) in [5.74, 6) is 3.08. The van der Waals surface area contributed by atoms with Gasteiger partial charge in [-0.2, -0.15) is 0 Å². The number of ether oxygens (including phenoxy) is 1. The van der Waals surface area contributed by atoms with Crippen LogP contribution in [0.25, 0.3) is 0 Å². The van der Waals surface area contributed by atoms with Crippen molar-refractivity contribution in [3.8, 4) is 0 Å². The summed E-state index contributed by atoms with van der Waals surface area (Å²) in [5.41, 5.74) is 1.42. The van der Waals surface area contributed by atoms with E-state index in [1.54, 1.807) is 0 Å². The van der Waals surface area contributed by atoms with E-state index < -0.39 is 6.23 Å². The number of amides is 1. The van der Waals surface area contributed by atoms with Gasteiger partial charge in [0.05, 0.1) is 13.2 Å². The van der Waals surface area contributed by atoms with Gasteiger partial charge in [0.1, 0.15) is 12.0 Å². The molecule has 1 saturated heterocycles. The number of hydrogen-bond acceptors (Lipinski definition) is 4. The first-order valence-electron chi connectivity index (χ1n) is 15.7. The predicted octanol–water partition coefficient (Wildman–Crippen LogP) is 7.06. The van der Waals surface area contributed by atoms with Crippen LogP contribution in [0.4, 0.5) is 0 Å². The number of rotatable bonds is 15. The van der Waals surface area contributed by atoms with Crippen molar-refractivity contribution in [3.05, 3.63) is 23.5 Å². The zero-order valence-corrected chi connectivity index (χ0v) is 24.3. The molecule has 1 amide bonds. The monoisotopic (exact) mass is 516 g/mol. The number of aliphatic hydroxyl groups excluding tert-OH is 1. The number of unbranched alkanes of at least 4 members (excludes halogenated alkanes) is 1. The van der Waals surface area contributed by atoms with Gasteiger partial charge in [0.25, 0.3) is 0 Å². The molecule has 1 aliphatic carbocycles.